The van der Waals surface area contributed by atoms with E-state index in [1.165, 1.54) is 53.9 Å². The Labute approximate surface area is 236 Å². The number of anilines is 3. The van der Waals surface area contributed by atoms with E-state index < -0.39 is 27.2 Å². The van der Waals surface area contributed by atoms with E-state index in [2.05, 4.69) is 21.2 Å². The first kappa shape index (κ1) is 28.5. The first-order chi connectivity index (χ1) is 18.1. The maximum absolute atomic E-state index is 13.3. The number of methoxy groups -OCH3 is 1. The number of nitrogens with zero attached hydrogens (tertiary/aromatic N) is 2. The second-order valence-electron chi connectivity index (χ2n) is 8.00. The zero-order chi connectivity index (χ0) is 27.4. The molecule has 0 spiro atoms. The van der Waals surface area contributed by atoms with E-state index in [9.17, 15) is 22.0 Å². The predicted molar refractivity (Wildman–Crippen MR) is 149 cm³/mol. The molecule has 1 heterocycles. The Hall–Kier alpha value is -2.52. The molecule has 1 fully saturated rings. The molecular formula is C24H23BrClN3O7S2. The van der Waals surface area contributed by atoms with Gasteiger partial charge in [0.2, 0.25) is 10.0 Å². The number of halogens is 2. The molecule has 0 saturated carbocycles. The summed E-state index contributed by atoms with van der Waals surface area (Å²) in [6.45, 7) is 1.20. The predicted octanol–water partition coefficient (Wildman–Crippen LogP) is 4.66. The number of sulfonamides is 1. The fourth-order valence-corrected chi connectivity index (χ4v) is 6.40. The van der Waals surface area contributed by atoms with E-state index in [0.717, 1.165) is 4.31 Å². The molecule has 14 heteroatoms. The zero-order valence-electron chi connectivity index (χ0n) is 20.0. The summed E-state index contributed by atoms with van der Waals surface area (Å²) in [6.07, 6.45) is 0. The van der Waals surface area contributed by atoms with Crippen LogP contribution in [-0.2, 0) is 26.0 Å². The molecule has 10 nitrogen and oxygen atoms in total. The van der Waals surface area contributed by atoms with E-state index in [4.69, 9.17) is 21.1 Å². The molecule has 1 atom stereocenters. The average molecular weight is 645 g/mol. The first-order valence-corrected chi connectivity index (χ1v) is 14.8. The van der Waals surface area contributed by atoms with Crippen LogP contribution in [0.2, 0.25) is 5.02 Å². The van der Waals surface area contributed by atoms with Crippen molar-refractivity contribution in [3.05, 3.63) is 75.7 Å². The van der Waals surface area contributed by atoms with Crippen LogP contribution in [0.15, 0.2) is 70.0 Å². The maximum Gasteiger partial charge on any atom is 0.266 e. The summed E-state index contributed by atoms with van der Waals surface area (Å²) in [7, 11) is -2.27. The Balaban J connectivity index is 1.64. The van der Waals surface area contributed by atoms with E-state index >= 15 is 0 Å². The summed E-state index contributed by atoms with van der Waals surface area (Å²) in [5.41, 5.74) is 0.667. The molecule has 3 aromatic carbocycles. The second-order valence-corrected chi connectivity index (χ2v) is 12.1. The first-order valence-electron chi connectivity index (χ1n) is 11.2. The summed E-state index contributed by atoms with van der Waals surface area (Å²) in [6, 6.07) is 14.9. The van der Waals surface area contributed by atoms with Gasteiger partial charge < -0.3 is 14.8 Å². The maximum atomic E-state index is 13.3. The highest BCUT2D eigenvalue weighted by Crippen LogP contribution is 2.39. The third-order valence-corrected chi connectivity index (χ3v) is 9.01. The molecule has 4 rings (SSSR count). The molecule has 0 aliphatic carbocycles. The molecule has 1 aliphatic rings. The van der Waals surface area contributed by atoms with Crippen molar-refractivity contribution in [2.75, 3.05) is 43.0 Å². The minimum atomic E-state index is -3.69. The molecule has 2 N–H and O–H groups in total. The van der Waals surface area contributed by atoms with Crippen molar-refractivity contribution >= 4 is 71.8 Å². The molecule has 0 bridgehead atoms. The molecule has 0 aromatic heterocycles. The normalized spacial score (nSPS) is 15.1. The summed E-state index contributed by atoms with van der Waals surface area (Å²) >= 11 is 6.92. The fourth-order valence-electron chi connectivity index (χ4n) is 3.83. The monoisotopic (exact) mass is 643 g/mol. The highest BCUT2D eigenvalue weighted by atomic mass is 79.9. The van der Waals surface area contributed by atoms with Gasteiger partial charge in [-0.3, -0.25) is 9.35 Å². The molecule has 0 radical (unpaired) electrons. The Kier molecular flexibility index (Phi) is 9.08. The molecule has 3 aromatic rings. The van der Waals surface area contributed by atoms with Crippen LogP contribution in [0.1, 0.15) is 10.4 Å². The van der Waals surface area contributed by atoms with Gasteiger partial charge in [0.25, 0.3) is 17.2 Å². The third-order valence-electron chi connectivity index (χ3n) is 5.66. The van der Waals surface area contributed by atoms with Crippen molar-refractivity contribution in [3.63, 3.8) is 0 Å². The van der Waals surface area contributed by atoms with Crippen molar-refractivity contribution in [3.8, 4) is 5.75 Å². The lowest BCUT2D eigenvalue weighted by molar-refractivity contribution is 0.0730. The lowest BCUT2D eigenvalue weighted by atomic mass is 10.1. The number of carbonyl (C=O) groups excluding carboxylic acids is 1. The van der Waals surface area contributed by atoms with Crippen LogP contribution in [0, 0.1) is 0 Å². The highest BCUT2D eigenvalue weighted by Gasteiger charge is 2.27. The quantitative estimate of drug-likeness (QED) is 0.342. The molecule has 38 heavy (non-hydrogen) atoms. The Morgan fingerprint density at radius 3 is 2.39 bits per heavy atom. The van der Waals surface area contributed by atoms with Crippen LogP contribution in [0.4, 0.5) is 17.1 Å². The van der Waals surface area contributed by atoms with Gasteiger partial charge in [-0.1, -0.05) is 27.5 Å². The fraction of sp³-hybridized carbons (Fsp3) is 0.208. The largest absolute Gasteiger partial charge is 0.494 e. The Morgan fingerprint density at radius 2 is 1.76 bits per heavy atom. The number of hydrogen-bond donors (Lipinski definition) is 2. The minimum absolute atomic E-state index is 0.00915. The Morgan fingerprint density at radius 1 is 1.11 bits per heavy atom. The topological polar surface area (TPSA) is 125 Å². The molecule has 202 valence electrons. The van der Waals surface area contributed by atoms with Crippen LogP contribution in [-0.4, -0.2) is 60.8 Å². The zero-order valence-corrected chi connectivity index (χ0v) is 23.9. The van der Waals surface area contributed by atoms with Gasteiger partial charge in [-0.05, 0) is 60.7 Å². The number of morpholine rings is 1. The van der Waals surface area contributed by atoms with Crippen molar-refractivity contribution in [2.45, 2.75) is 4.90 Å². The van der Waals surface area contributed by atoms with Gasteiger partial charge in [-0.15, -0.1) is 0 Å². The van der Waals surface area contributed by atoms with Gasteiger partial charge in [0.15, 0.2) is 0 Å². The summed E-state index contributed by atoms with van der Waals surface area (Å²) in [5, 5.41) is 2.93. The van der Waals surface area contributed by atoms with Gasteiger partial charge in [0, 0.05) is 28.3 Å². The van der Waals surface area contributed by atoms with Gasteiger partial charge in [0.1, 0.15) is 5.75 Å². The van der Waals surface area contributed by atoms with Crippen molar-refractivity contribution < 1.29 is 31.4 Å². The molecular weight excluding hydrogens is 622 g/mol. The van der Waals surface area contributed by atoms with Crippen LogP contribution in [0.5, 0.6) is 5.75 Å². The standard InChI is InChI=1S/C24H23BrClN3O7S2/c1-35-23-14-16(25)2-8-22(23)29(37(31)32)21-9-3-17(26)15-20(21)24(30)27-18-4-6-19(7-5-18)38(33,34)28-10-12-36-13-11-28/h2-9,14-15H,10-13H2,1H3,(H,27,30)(H,31,32). The summed E-state index contributed by atoms with van der Waals surface area (Å²) < 4.78 is 62.1. The second kappa shape index (κ2) is 12.1. The molecule has 1 unspecified atom stereocenters. The van der Waals surface area contributed by atoms with Crippen molar-refractivity contribution in [1.82, 2.24) is 4.31 Å². The SMILES string of the molecule is COc1cc(Br)ccc1N(c1ccc(Cl)cc1C(=O)Nc1ccc(S(=O)(=O)N2CCOCC2)cc1)S(=O)O. The minimum Gasteiger partial charge on any atom is -0.494 e. The van der Waals surface area contributed by atoms with Crippen LogP contribution < -0.4 is 14.4 Å². The van der Waals surface area contributed by atoms with Crippen molar-refractivity contribution in [1.29, 1.82) is 0 Å². The highest BCUT2D eigenvalue weighted by molar-refractivity contribution is 9.10. The van der Waals surface area contributed by atoms with Gasteiger partial charge in [-0.25, -0.2) is 16.9 Å². The summed E-state index contributed by atoms with van der Waals surface area (Å²) in [5.74, 6) is -0.335. The van der Waals surface area contributed by atoms with Crippen molar-refractivity contribution in [2.24, 2.45) is 0 Å². The molecule has 1 aliphatic heterocycles. The summed E-state index contributed by atoms with van der Waals surface area (Å²) in [4.78, 5) is 13.4. The number of nitrogens with one attached hydrogen (secondary N) is 1. The molecule has 1 amide bonds. The van der Waals surface area contributed by atoms with Gasteiger partial charge in [-0.2, -0.15) is 4.31 Å². The smallest absolute Gasteiger partial charge is 0.266 e. The number of benzene rings is 3. The number of carbonyl (C=O) groups is 1. The number of amides is 1. The number of hydrogen-bond acceptors (Lipinski definition) is 6. The van der Waals surface area contributed by atoms with Crippen LogP contribution >= 0.6 is 27.5 Å². The van der Waals surface area contributed by atoms with Crippen LogP contribution in [0.3, 0.4) is 0 Å². The van der Waals surface area contributed by atoms with Gasteiger partial charge in [0.05, 0.1) is 42.2 Å². The molecule has 1 saturated heterocycles. The van der Waals surface area contributed by atoms with E-state index in [0.29, 0.717) is 29.1 Å². The van der Waals surface area contributed by atoms with Gasteiger partial charge >= 0.3 is 0 Å². The number of rotatable bonds is 8. The average Bonchev–Trinajstić information content (AvgIpc) is 2.91. The van der Waals surface area contributed by atoms with E-state index in [1.54, 1.807) is 18.2 Å². The van der Waals surface area contributed by atoms with E-state index in [-0.39, 0.29) is 39.9 Å². The lowest BCUT2D eigenvalue weighted by Crippen LogP contribution is -2.40. The number of ether oxygens (including phenoxy) is 2. The van der Waals surface area contributed by atoms with E-state index in [1.807, 2.05) is 0 Å². The van der Waals surface area contributed by atoms with Crippen LogP contribution in [0.25, 0.3) is 0 Å². The lowest BCUT2D eigenvalue weighted by Gasteiger charge is -2.26. The Bertz CT molecular complexity index is 1470. The third kappa shape index (κ3) is 6.20.